The summed E-state index contributed by atoms with van der Waals surface area (Å²) >= 11 is 0. The van der Waals surface area contributed by atoms with E-state index < -0.39 is 0 Å². The summed E-state index contributed by atoms with van der Waals surface area (Å²) < 4.78 is 5.29. The van der Waals surface area contributed by atoms with Gasteiger partial charge in [-0.3, -0.25) is 0 Å². The van der Waals surface area contributed by atoms with E-state index in [-0.39, 0.29) is 0 Å². The first kappa shape index (κ1) is 10.4. The van der Waals surface area contributed by atoms with Crippen LogP contribution in [-0.4, -0.2) is 13.2 Å². The average molecular weight is 155 g/mol. The van der Waals surface area contributed by atoms with Gasteiger partial charge in [0.05, 0.1) is 6.07 Å². The zero-order chi connectivity index (χ0) is 8.36. The monoisotopic (exact) mass is 155 g/mol. The fourth-order valence-electron chi connectivity index (χ4n) is 0.809. The molecule has 11 heavy (non-hydrogen) atoms. The number of hydrogen-bond acceptors (Lipinski definition) is 2. The van der Waals surface area contributed by atoms with E-state index >= 15 is 0 Å². The van der Waals surface area contributed by atoms with E-state index in [1.54, 1.807) is 0 Å². The molecule has 64 valence electrons. The van der Waals surface area contributed by atoms with Gasteiger partial charge in [0.2, 0.25) is 0 Å². The maximum Gasteiger partial charge on any atom is 0.0622 e. The Balaban J connectivity index is 2.75. The zero-order valence-electron chi connectivity index (χ0n) is 7.31. The van der Waals surface area contributed by atoms with Crippen LogP contribution >= 0.6 is 0 Å². The number of unbranched alkanes of at least 4 members (excludes halogenated alkanes) is 3. The van der Waals surface area contributed by atoms with Gasteiger partial charge >= 0.3 is 0 Å². The summed E-state index contributed by atoms with van der Waals surface area (Å²) in [4.78, 5) is 0. The van der Waals surface area contributed by atoms with Crippen molar-refractivity contribution in [2.75, 3.05) is 13.2 Å². The molecule has 0 bridgehead atoms. The summed E-state index contributed by atoms with van der Waals surface area (Å²) in [5.41, 5.74) is 0. The first-order chi connectivity index (χ1) is 5.41. The highest BCUT2D eigenvalue weighted by Crippen LogP contribution is 1.95. The fraction of sp³-hybridized carbons (Fsp3) is 0.889. The van der Waals surface area contributed by atoms with Crippen molar-refractivity contribution in [3.8, 4) is 6.07 Å². The molecule has 0 aliphatic rings. The minimum Gasteiger partial charge on any atom is -0.381 e. The summed E-state index contributed by atoms with van der Waals surface area (Å²) in [7, 11) is 0. The quantitative estimate of drug-likeness (QED) is 0.529. The van der Waals surface area contributed by atoms with Crippen molar-refractivity contribution in [3.63, 3.8) is 0 Å². The normalized spacial score (nSPS) is 9.45. The molecular formula is C9H17NO. The molecule has 0 aromatic carbocycles. The molecular weight excluding hydrogens is 138 g/mol. The van der Waals surface area contributed by atoms with Gasteiger partial charge in [0, 0.05) is 19.6 Å². The van der Waals surface area contributed by atoms with Crippen LogP contribution in [0.3, 0.4) is 0 Å². The first-order valence-electron chi connectivity index (χ1n) is 4.36. The molecule has 0 unspecified atom stereocenters. The number of nitrogens with zero attached hydrogens (tertiary/aromatic N) is 1. The van der Waals surface area contributed by atoms with Gasteiger partial charge in [-0.1, -0.05) is 19.8 Å². The van der Waals surface area contributed by atoms with E-state index in [1.807, 2.05) is 0 Å². The molecule has 0 heterocycles. The predicted octanol–water partition coefficient (Wildman–Crippen LogP) is 2.50. The van der Waals surface area contributed by atoms with Crippen LogP contribution in [0.2, 0.25) is 0 Å². The van der Waals surface area contributed by atoms with Crippen LogP contribution in [0.4, 0.5) is 0 Å². The molecule has 0 saturated carbocycles. The standard InChI is InChI=1S/C9H17NO/c1-2-3-5-8-11-9-6-4-7-10/h2-6,8-9H2,1H3. The van der Waals surface area contributed by atoms with Crippen LogP contribution in [0.25, 0.3) is 0 Å². The van der Waals surface area contributed by atoms with Crippen molar-refractivity contribution >= 4 is 0 Å². The molecule has 0 spiro atoms. The SMILES string of the molecule is CCCCCOCCCC#N. The fourth-order valence-corrected chi connectivity index (χ4v) is 0.809. The molecule has 2 nitrogen and oxygen atoms in total. The van der Waals surface area contributed by atoms with E-state index in [0.717, 1.165) is 26.1 Å². The van der Waals surface area contributed by atoms with Crippen molar-refractivity contribution in [3.05, 3.63) is 0 Å². The molecule has 0 saturated heterocycles. The molecule has 0 aliphatic heterocycles. The van der Waals surface area contributed by atoms with Crippen molar-refractivity contribution in [1.29, 1.82) is 5.26 Å². The largest absolute Gasteiger partial charge is 0.381 e. The number of hydrogen-bond donors (Lipinski definition) is 0. The van der Waals surface area contributed by atoms with Crippen LogP contribution in [0.1, 0.15) is 39.0 Å². The van der Waals surface area contributed by atoms with Crippen LogP contribution < -0.4 is 0 Å². The van der Waals surface area contributed by atoms with E-state index in [2.05, 4.69) is 13.0 Å². The average Bonchev–Trinajstić information content (AvgIpc) is 2.03. The third kappa shape index (κ3) is 9.45. The molecule has 0 aliphatic carbocycles. The van der Waals surface area contributed by atoms with E-state index in [9.17, 15) is 0 Å². The van der Waals surface area contributed by atoms with Crippen molar-refractivity contribution in [2.45, 2.75) is 39.0 Å². The van der Waals surface area contributed by atoms with Gasteiger partial charge in [0.25, 0.3) is 0 Å². The lowest BCUT2D eigenvalue weighted by Crippen LogP contribution is -1.96. The first-order valence-corrected chi connectivity index (χ1v) is 4.36. The Morgan fingerprint density at radius 1 is 1.18 bits per heavy atom. The Hall–Kier alpha value is -0.550. The Kier molecular flexibility index (Phi) is 8.98. The predicted molar refractivity (Wildman–Crippen MR) is 45.2 cm³/mol. The summed E-state index contributed by atoms with van der Waals surface area (Å²) in [6, 6.07) is 2.09. The minimum absolute atomic E-state index is 0.619. The minimum atomic E-state index is 0.619. The molecule has 0 amide bonds. The number of nitriles is 1. The second-order valence-corrected chi connectivity index (χ2v) is 2.58. The Morgan fingerprint density at radius 2 is 1.91 bits per heavy atom. The van der Waals surface area contributed by atoms with Crippen molar-refractivity contribution in [1.82, 2.24) is 0 Å². The summed E-state index contributed by atoms with van der Waals surface area (Å²) in [6.45, 7) is 3.78. The smallest absolute Gasteiger partial charge is 0.0622 e. The highest BCUT2D eigenvalue weighted by molar-refractivity contribution is 4.67. The van der Waals surface area contributed by atoms with E-state index in [0.29, 0.717) is 6.42 Å². The molecule has 0 atom stereocenters. The number of ether oxygens (including phenoxy) is 1. The molecule has 0 fully saturated rings. The Labute approximate surface area is 69.2 Å². The summed E-state index contributed by atoms with van der Waals surface area (Å²) in [5, 5.41) is 8.20. The third-order valence-electron chi connectivity index (χ3n) is 1.47. The van der Waals surface area contributed by atoms with E-state index in [4.69, 9.17) is 10.00 Å². The molecule has 0 rings (SSSR count). The second kappa shape index (κ2) is 9.45. The second-order valence-electron chi connectivity index (χ2n) is 2.58. The zero-order valence-corrected chi connectivity index (χ0v) is 7.31. The molecule has 0 aromatic heterocycles. The lowest BCUT2D eigenvalue weighted by molar-refractivity contribution is 0.129. The maximum atomic E-state index is 8.20. The van der Waals surface area contributed by atoms with Gasteiger partial charge in [-0.25, -0.2) is 0 Å². The lowest BCUT2D eigenvalue weighted by Gasteiger charge is -2.00. The van der Waals surface area contributed by atoms with E-state index in [1.165, 1.54) is 12.8 Å². The molecule has 0 radical (unpaired) electrons. The molecule has 2 heteroatoms. The van der Waals surface area contributed by atoms with Gasteiger partial charge in [0.1, 0.15) is 0 Å². The van der Waals surface area contributed by atoms with Gasteiger partial charge in [-0.2, -0.15) is 5.26 Å². The Morgan fingerprint density at radius 3 is 2.55 bits per heavy atom. The van der Waals surface area contributed by atoms with Crippen LogP contribution in [0.15, 0.2) is 0 Å². The summed E-state index contributed by atoms with van der Waals surface area (Å²) in [5.74, 6) is 0. The number of rotatable bonds is 7. The molecule has 0 aromatic rings. The Bertz CT molecular complexity index is 107. The highest BCUT2D eigenvalue weighted by Gasteiger charge is 1.88. The highest BCUT2D eigenvalue weighted by atomic mass is 16.5. The van der Waals surface area contributed by atoms with Crippen LogP contribution in [0, 0.1) is 11.3 Å². The van der Waals surface area contributed by atoms with Crippen molar-refractivity contribution < 1.29 is 4.74 Å². The van der Waals surface area contributed by atoms with Gasteiger partial charge in [0.15, 0.2) is 0 Å². The van der Waals surface area contributed by atoms with Gasteiger partial charge in [-0.05, 0) is 12.8 Å². The lowest BCUT2D eigenvalue weighted by atomic mass is 10.3. The summed E-state index contributed by atoms with van der Waals surface area (Å²) in [6.07, 6.45) is 5.14. The topological polar surface area (TPSA) is 33.0 Å². The van der Waals surface area contributed by atoms with Gasteiger partial charge in [-0.15, -0.1) is 0 Å². The van der Waals surface area contributed by atoms with Crippen LogP contribution in [-0.2, 0) is 4.74 Å². The molecule has 0 N–H and O–H groups in total. The van der Waals surface area contributed by atoms with Gasteiger partial charge < -0.3 is 4.74 Å². The van der Waals surface area contributed by atoms with Crippen molar-refractivity contribution in [2.24, 2.45) is 0 Å². The third-order valence-corrected chi connectivity index (χ3v) is 1.47. The van der Waals surface area contributed by atoms with Crippen LogP contribution in [0.5, 0.6) is 0 Å². The maximum absolute atomic E-state index is 8.20.